The van der Waals surface area contributed by atoms with Gasteiger partial charge in [0.05, 0.1) is 10.6 Å². The number of carbonyl (C=O) groups excluding carboxylic acids is 1. The van der Waals surface area contributed by atoms with E-state index in [1.54, 1.807) is 0 Å². The second-order valence-electron chi connectivity index (χ2n) is 11.1. The summed E-state index contributed by atoms with van der Waals surface area (Å²) in [6.45, 7) is 10.1. The average molecular weight is 495 g/mol. The van der Waals surface area contributed by atoms with Crippen LogP contribution in [0.25, 0.3) is 0 Å². The van der Waals surface area contributed by atoms with Crippen LogP contribution in [0.15, 0.2) is 35.2 Å². The molecular formula is C27H38N6OS. The maximum atomic E-state index is 12.6. The maximum Gasteiger partial charge on any atom is 0.227 e. The van der Waals surface area contributed by atoms with Gasteiger partial charge in [-0.3, -0.25) is 4.79 Å². The molecule has 35 heavy (non-hydrogen) atoms. The lowest BCUT2D eigenvalue weighted by Gasteiger charge is -2.36. The molecule has 2 unspecified atom stereocenters. The zero-order chi connectivity index (χ0) is 24.4. The number of aryl methyl sites for hydroxylation is 1. The molecule has 1 amide bonds. The normalized spacial score (nSPS) is 22.3. The molecule has 5 rings (SSSR count). The first-order chi connectivity index (χ1) is 16.9. The van der Waals surface area contributed by atoms with Crippen molar-refractivity contribution >= 4 is 35.1 Å². The minimum atomic E-state index is -0.00480. The van der Waals surface area contributed by atoms with Gasteiger partial charge < -0.3 is 20.4 Å². The Morgan fingerprint density at radius 2 is 1.74 bits per heavy atom. The first-order valence-electron chi connectivity index (χ1n) is 13.0. The number of aromatic nitrogens is 2. The van der Waals surface area contributed by atoms with E-state index in [1.165, 1.54) is 16.3 Å². The number of hydrogen-bond donors (Lipinski definition) is 2. The molecule has 2 aliphatic heterocycles. The Bertz CT molecular complexity index is 1030. The van der Waals surface area contributed by atoms with Crippen molar-refractivity contribution in [2.75, 3.05) is 47.0 Å². The summed E-state index contributed by atoms with van der Waals surface area (Å²) in [4.78, 5) is 28.6. The number of nitrogens with one attached hydrogen (secondary N) is 2. The van der Waals surface area contributed by atoms with Gasteiger partial charge in [0, 0.05) is 62.5 Å². The molecule has 1 saturated carbocycles. The molecule has 0 bridgehead atoms. The SMILES string of the molecule is CC(C)(C)CC(=O)NC1CCCC1Nc1nc(N2CCN(c3ccccc3)CC2)nc2c1SCC2. The van der Waals surface area contributed by atoms with Crippen molar-refractivity contribution in [3.8, 4) is 0 Å². The minimum Gasteiger partial charge on any atom is -0.368 e. The third kappa shape index (κ3) is 5.85. The Labute approximate surface area is 213 Å². The molecule has 1 saturated heterocycles. The van der Waals surface area contributed by atoms with E-state index in [2.05, 4.69) is 71.5 Å². The van der Waals surface area contributed by atoms with Crippen LogP contribution >= 0.6 is 11.8 Å². The van der Waals surface area contributed by atoms with Crippen molar-refractivity contribution in [3.05, 3.63) is 36.0 Å². The van der Waals surface area contributed by atoms with E-state index in [-0.39, 0.29) is 23.4 Å². The highest BCUT2D eigenvalue weighted by Gasteiger charge is 2.32. The number of rotatable bonds is 6. The van der Waals surface area contributed by atoms with Crippen LogP contribution in [-0.2, 0) is 11.2 Å². The van der Waals surface area contributed by atoms with Gasteiger partial charge in [0.15, 0.2) is 0 Å². The van der Waals surface area contributed by atoms with Gasteiger partial charge >= 0.3 is 0 Å². The number of hydrogen-bond acceptors (Lipinski definition) is 7. The fourth-order valence-electron chi connectivity index (χ4n) is 5.32. The van der Waals surface area contributed by atoms with Crippen LogP contribution in [-0.4, -0.2) is 59.9 Å². The Morgan fingerprint density at radius 1 is 1.03 bits per heavy atom. The van der Waals surface area contributed by atoms with Gasteiger partial charge in [0.1, 0.15) is 5.82 Å². The van der Waals surface area contributed by atoms with Crippen LogP contribution in [0.3, 0.4) is 0 Å². The number of carbonyl (C=O) groups is 1. The predicted molar refractivity (Wildman–Crippen MR) is 145 cm³/mol. The van der Waals surface area contributed by atoms with Crippen molar-refractivity contribution in [1.29, 1.82) is 0 Å². The quantitative estimate of drug-likeness (QED) is 0.619. The van der Waals surface area contributed by atoms with Gasteiger partial charge in [-0.05, 0) is 36.8 Å². The Balaban J connectivity index is 1.28. The third-order valence-electron chi connectivity index (χ3n) is 7.07. The van der Waals surface area contributed by atoms with Gasteiger partial charge in [-0.25, -0.2) is 4.98 Å². The van der Waals surface area contributed by atoms with Crippen LogP contribution in [0.5, 0.6) is 0 Å². The number of fused-ring (bicyclic) bond motifs is 1. The molecule has 1 aromatic heterocycles. The molecule has 3 aliphatic rings. The number of benzene rings is 1. The molecule has 2 aromatic rings. The van der Waals surface area contributed by atoms with Crippen LogP contribution in [0, 0.1) is 5.41 Å². The van der Waals surface area contributed by atoms with Crippen molar-refractivity contribution in [2.24, 2.45) is 5.41 Å². The lowest BCUT2D eigenvalue weighted by atomic mass is 9.92. The molecule has 2 fully saturated rings. The summed E-state index contributed by atoms with van der Waals surface area (Å²) in [5.41, 5.74) is 2.44. The first-order valence-corrected chi connectivity index (χ1v) is 14.0. The van der Waals surface area contributed by atoms with Crippen molar-refractivity contribution in [2.45, 2.75) is 69.9 Å². The number of para-hydroxylation sites is 1. The molecular weight excluding hydrogens is 456 g/mol. The topological polar surface area (TPSA) is 73.4 Å². The molecule has 2 atom stereocenters. The summed E-state index contributed by atoms with van der Waals surface area (Å²) < 4.78 is 0. The predicted octanol–water partition coefficient (Wildman–Crippen LogP) is 4.34. The van der Waals surface area contributed by atoms with Crippen molar-refractivity contribution in [1.82, 2.24) is 15.3 Å². The highest BCUT2D eigenvalue weighted by Crippen LogP contribution is 2.38. The van der Waals surface area contributed by atoms with E-state index in [4.69, 9.17) is 9.97 Å². The standard InChI is InChI=1S/C27H38N6OS/c1-27(2,3)18-23(34)28-20-10-7-11-21(20)29-25-24-22(12-17-35-24)30-26(31-25)33-15-13-32(14-16-33)19-8-5-4-6-9-19/h4-6,8-9,20-21H,7,10-18H2,1-3H3,(H,28,34)(H,29,30,31). The highest BCUT2D eigenvalue weighted by molar-refractivity contribution is 7.99. The van der Waals surface area contributed by atoms with Crippen LogP contribution in [0.1, 0.15) is 52.1 Å². The van der Waals surface area contributed by atoms with E-state index < -0.39 is 0 Å². The van der Waals surface area contributed by atoms with E-state index >= 15 is 0 Å². The summed E-state index contributed by atoms with van der Waals surface area (Å²) in [6.07, 6.45) is 4.72. The molecule has 7 nitrogen and oxygen atoms in total. The molecule has 2 N–H and O–H groups in total. The van der Waals surface area contributed by atoms with Crippen molar-refractivity contribution in [3.63, 3.8) is 0 Å². The van der Waals surface area contributed by atoms with E-state index in [1.807, 2.05) is 11.8 Å². The molecule has 8 heteroatoms. The second kappa shape index (κ2) is 10.2. The van der Waals surface area contributed by atoms with Crippen molar-refractivity contribution < 1.29 is 4.79 Å². The number of anilines is 3. The Morgan fingerprint density at radius 3 is 2.49 bits per heavy atom. The third-order valence-corrected chi connectivity index (χ3v) is 8.19. The smallest absolute Gasteiger partial charge is 0.227 e. The zero-order valence-electron chi connectivity index (χ0n) is 21.2. The molecule has 0 radical (unpaired) electrons. The first kappa shape index (κ1) is 24.2. The highest BCUT2D eigenvalue weighted by atomic mass is 32.2. The van der Waals surface area contributed by atoms with Gasteiger partial charge in [-0.15, -0.1) is 11.8 Å². The summed E-state index contributed by atoms with van der Waals surface area (Å²) >= 11 is 1.85. The Hall–Kier alpha value is -2.48. The lowest BCUT2D eigenvalue weighted by molar-refractivity contribution is -0.123. The van der Waals surface area contributed by atoms with E-state index in [0.29, 0.717) is 6.42 Å². The van der Waals surface area contributed by atoms with Crippen LogP contribution in [0.2, 0.25) is 0 Å². The average Bonchev–Trinajstić information content (AvgIpc) is 3.48. The number of thioether (sulfide) groups is 1. The van der Waals surface area contributed by atoms with Gasteiger partial charge in [0.2, 0.25) is 11.9 Å². The molecule has 1 aromatic carbocycles. The summed E-state index contributed by atoms with van der Waals surface area (Å²) in [6, 6.07) is 11.0. The summed E-state index contributed by atoms with van der Waals surface area (Å²) in [5.74, 6) is 3.00. The number of piperazine rings is 1. The minimum absolute atomic E-state index is 0.00480. The maximum absolute atomic E-state index is 12.6. The van der Waals surface area contributed by atoms with Gasteiger partial charge in [-0.2, -0.15) is 4.98 Å². The molecule has 188 valence electrons. The summed E-state index contributed by atoms with van der Waals surface area (Å²) in [5, 5.41) is 7.05. The second-order valence-corrected chi connectivity index (χ2v) is 12.3. The van der Waals surface area contributed by atoms with E-state index in [0.717, 1.165) is 69.4 Å². The molecule has 1 aliphatic carbocycles. The lowest BCUT2D eigenvalue weighted by Crippen LogP contribution is -2.47. The number of amides is 1. The van der Waals surface area contributed by atoms with Gasteiger partial charge in [0.25, 0.3) is 0 Å². The van der Waals surface area contributed by atoms with Crippen LogP contribution < -0.4 is 20.4 Å². The molecule has 0 spiro atoms. The zero-order valence-corrected chi connectivity index (χ0v) is 22.0. The van der Waals surface area contributed by atoms with Gasteiger partial charge in [-0.1, -0.05) is 39.0 Å². The largest absolute Gasteiger partial charge is 0.368 e. The summed E-state index contributed by atoms with van der Waals surface area (Å²) in [7, 11) is 0. The fourth-order valence-corrected chi connectivity index (χ4v) is 6.37. The monoisotopic (exact) mass is 494 g/mol. The number of nitrogens with zero attached hydrogens (tertiary/aromatic N) is 4. The fraction of sp³-hybridized carbons (Fsp3) is 0.593. The molecule has 3 heterocycles. The van der Waals surface area contributed by atoms with Crippen LogP contribution in [0.4, 0.5) is 17.5 Å². The Kier molecular flexibility index (Phi) is 7.09. The van der Waals surface area contributed by atoms with E-state index in [9.17, 15) is 4.79 Å².